The zero-order valence-electron chi connectivity index (χ0n) is 10.1. The van der Waals surface area contributed by atoms with Crippen molar-refractivity contribution in [1.29, 1.82) is 0 Å². The van der Waals surface area contributed by atoms with E-state index in [0.717, 1.165) is 16.2 Å². The number of hydrogen-bond acceptors (Lipinski definition) is 4. The van der Waals surface area contributed by atoms with Crippen LogP contribution in [-0.4, -0.2) is 21.6 Å². The number of carbonyl (C=O) groups is 1. The number of aromatic nitrogens is 2. The SMILES string of the molecule is O=C(Nc1cc(Cl)nc(Cl)n1)C1CSc2ccccc21. The van der Waals surface area contributed by atoms with Crippen LogP contribution in [0.4, 0.5) is 5.82 Å². The lowest BCUT2D eigenvalue weighted by Gasteiger charge is -2.11. The molecule has 20 heavy (non-hydrogen) atoms. The number of benzene rings is 1. The van der Waals surface area contributed by atoms with Gasteiger partial charge in [-0.1, -0.05) is 29.8 Å². The van der Waals surface area contributed by atoms with Gasteiger partial charge in [-0.25, -0.2) is 9.97 Å². The van der Waals surface area contributed by atoms with Crippen molar-refractivity contribution in [1.82, 2.24) is 9.97 Å². The van der Waals surface area contributed by atoms with Crippen LogP contribution >= 0.6 is 35.0 Å². The molecule has 4 nitrogen and oxygen atoms in total. The predicted molar refractivity (Wildman–Crippen MR) is 80.6 cm³/mol. The molecule has 1 aliphatic rings. The van der Waals surface area contributed by atoms with Gasteiger partial charge in [0.2, 0.25) is 11.2 Å². The van der Waals surface area contributed by atoms with Crippen LogP contribution < -0.4 is 5.32 Å². The minimum absolute atomic E-state index is 0.00833. The van der Waals surface area contributed by atoms with Crippen molar-refractivity contribution in [3.05, 3.63) is 46.3 Å². The van der Waals surface area contributed by atoms with Crippen LogP contribution in [0.25, 0.3) is 0 Å². The molecule has 1 N–H and O–H groups in total. The van der Waals surface area contributed by atoms with Gasteiger partial charge in [0.05, 0.1) is 5.92 Å². The average molecular weight is 326 g/mol. The molecule has 0 aliphatic carbocycles. The highest BCUT2D eigenvalue weighted by molar-refractivity contribution is 7.99. The first kappa shape index (κ1) is 13.7. The number of anilines is 1. The lowest BCUT2D eigenvalue weighted by Crippen LogP contribution is -2.21. The molecule has 1 aliphatic heterocycles. The Morgan fingerprint density at radius 3 is 2.90 bits per heavy atom. The zero-order valence-corrected chi connectivity index (χ0v) is 12.5. The Balaban J connectivity index is 1.81. The molecule has 1 aromatic carbocycles. The first-order valence-corrected chi connectivity index (χ1v) is 7.60. The summed E-state index contributed by atoms with van der Waals surface area (Å²) in [6.07, 6.45) is 0. The molecule has 7 heteroatoms. The van der Waals surface area contributed by atoms with Crippen LogP contribution in [0, 0.1) is 0 Å². The van der Waals surface area contributed by atoms with Crippen LogP contribution in [-0.2, 0) is 4.79 Å². The Labute approximate surface area is 129 Å². The number of carbonyl (C=O) groups excluding carboxylic acids is 1. The second-order valence-electron chi connectivity index (χ2n) is 4.24. The topological polar surface area (TPSA) is 54.9 Å². The third-order valence-electron chi connectivity index (χ3n) is 2.94. The molecule has 0 spiro atoms. The maximum Gasteiger partial charge on any atom is 0.233 e. The number of nitrogens with one attached hydrogen (secondary N) is 1. The molecule has 3 rings (SSSR count). The van der Waals surface area contributed by atoms with Gasteiger partial charge in [-0.15, -0.1) is 11.8 Å². The van der Waals surface area contributed by atoms with Crippen molar-refractivity contribution < 1.29 is 4.79 Å². The lowest BCUT2D eigenvalue weighted by atomic mass is 10.0. The van der Waals surface area contributed by atoms with Crippen molar-refractivity contribution in [2.45, 2.75) is 10.8 Å². The summed E-state index contributed by atoms with van der Waals surface area (Å²) in [7, 11) is 0. The van der Waals surface area contributed by atoms with Crippen LogP contribution in [0.1, 0.15) is 11.5 Å². The Kier molecular flexibility index (Phi) is 3.83. The summed E-state index contributed by atoms with van der Waals surface area (Å²) < 4.78 is 0. The Morgan fingerprint density at radius 2 is 2.10 bits per heavy atom. The summed E-state index contributed by atoms with van der Waals surface area (Å²) in [4.78, 5) is 21.1. The number of amides is 1. The summed E-state index contributed by atoms with van der Waals surface area (Å²) in [5.74, 6) is 0.726. The first-order valence-electron chi connectivity index (χ1n) is 5.86. The van der Waals surface area contributed by atoms with E-state index < -0.39 is 0 Å². The molecular weight excluding hydrogens is 317 g/mol. The third-order valence-corrected chi connectivity index (χ3v) is 4.48. The van der Waals surface area contributed by atoms with Gasteiger partial charge in [0.15, 0.2) is 0 Å². The number of hydrogen-bond donors (Lipinski definition) is 1. The Hall–Kier alpha value is -1.30. The first-order chi connectivity index (χ1) is 9.63. The maximum absolute atomic E-state index is 12.3. The molecule has 102 valence electrons. The molecule has 0 bridgehead atoms. The van der Waals surface area contributed by atoms with Crippen LogP contribution in [0.2, 0.25) is 10.4 Å². The van der Waals surface area contributed by atoms with Gasteiger partial charge >= 0.3 is 0 Å². The molecule has 0 radical (unpaired) electrons. The quantitative estimate of drug-likeness (QED) is 0.677. The third kappa shape index (κ3) is 2.75. The highest BCUT2D eigenvalue weighted by Crippen LogP contribution is 2.39. The molecule has 1 atom stereocenters. The monoisotopic (exact) mass is 325 g/mol. The van der Waals surface area contributed by atoms with E-state index in [1.807, 2.05) is 24.3 Å². The van der Waals surface area contributed by atoms with E-state index in [-0.39, 0.29) is 22.3 Å². The van der Waals surface area contributed by atoms with E-state index in [9.17, 15) is 4.79 Å². The number of thioether (sulfide) groups is 1. The van der Waals surface area contributed by atoms with Gasteiger partial charge < -0.3 is 5.32 Å². The van der Waals surface area contributed by atoms with Crippen molar-refractivity contribution in [3.63, 3.8) is 0 Å². The van der Waals surface area contributed by atoms with Gasteiger partial charge in [-0.3, -0.25) is 4.79 Å². The molecule has 2 heterocycles. The predicted octanol–water partition coefficient (Wildman–Crippen LogP) is 3.61. The second kappa shape index (κ2) is 5.60. The fraction of sp³-hybridized carbons (Fsp3) is 0.154. The summed E-state index contributed by atoms with van der Waals surface area (Å²) >= 11 is 13.2. The number of halogens is 2. The van der Waals surface area contributed by atoms with E-state index >= 15 is 0 Å². The van der Waals surface area contributed by atoms with E-state index in [2.05, 4.69) is 15.3 Å². The lowest BCUT2D eigenvalue weighted by molar-refractivity contribution is -0.117. The smallest absolute Gasteiger partial charge is 0.233 e. The molecule has 0 saturated heterocycles. The van der Waals surface area contributed by atoms with Gasteiger partial charge in [-0.2, -0.15) is 0 Å². The zero-order chi connectivity index (χ0) is 14.1. The van der Waals surface area contributed by atoms with Crippen molar-refractivity contribution in [2.24, 2.45) is 0 Å². The summed E-state index contributed by atoms with van der Waals surface area (Å²) in [5.41, 5.74) is 1.04. The summed E-state index contributed by atoms with van der Waals surface area (Å²) in [6, 6.07) is 9.37. The van der Waals surface area contributed by atoms with E-state index in [4.69, 9.17) is 23.2 Å². The Bertz CT molecular complexity index is 660. The van der Waals surface area contributed by atoms with E-state index in [1.54, 1.807) is 11.8 Å². The van der Waals surface area contributed by atoms with Crippen LogP contribution in [0.3, 0.4) is 0 Å². The fourth-order valence-electron chi connectivity index (χ4n) is 2.05. The molecule has 1 aromatic heterocycles. The van der Waals surface area contributed by atoms with Gasteiger partial charge in [0, 0.05) is 16.7 Å². The second-order valence-corrected chi connectivity index (χ2v) is 6.02. The molecular formula is C13H9Cl2N3OS. The number of nitrogens with zero attached hydrogens (tertiary/aromatic N) is 2. The normalized spacial score (nSPS) is 16.8. The van der Waals surface area contributed by atoms with Gasteiger partial charge in [-0.05, 0) is 23.2 Å². The molecule has 2 aromatic rings. The molecule has 1 unspecified atom stereocenters. The van der Waals surface area contributed by atoms with E-state index in [1.165, 1.54) is 6.07 Å². The summed E-state index contributed by atoms with van der Waals surface area (Å²) in [6.45, 7) is 0. The van der Waals surface area contributed by atoms with Crippen LogP contribution in [0.5, 0.6) is 0 Å². The molecule has 0 fully saturated rings. The van der Waals surface area contributed by atoms with Crippen molar-refractivity contribution in [3.8, 4) is 0 Å². The number of rotatable bonds is 2. The molecule has 1 amide bonds. The average Bonchev–Trinajstić information content (AvgIpc) is 2.81. The van der Waals surface area contributed by atoms with E-state index in [0.29, 0.717) is 5.82 Å². The highest BCUT2D eigenvalue weighted by atomic mass is 35.5. The van der Waals surface area contributed by atoms with Crippen molar-refractivity contribution in [2.75, 3.05) is 11.1 Å². The maximum atomic E-state index is 12.3. The largest absolute Gasteiger partial charge is 0.310 e. The highest BCUT2D eigenvalue weighted by Gasteiger charge is 2.29. The van der Waals surface area contributed by atoms with Crippen molar-refractivity contribution >= 4 is 46.7 Å². The standard InChI is InChI=1S/C13H9Cl2N3OS/c14-10-5-11(18-13(15)16-10)17-12(19)8-6-20-9-4-2-1-3-7(8)9/h1-5,8H,6H2,(H,16,17,18,19). The minimum atomic E-state index is -0.191. The van der Waals surface area contributed by atoms with Gasteiger partial charge in [0.25, 0.3) is 0 Å². The van der Waals surface area contributed by atoms with Crippen LogP contribution in [0.15, 0.2) is 35.2 Å². The molecule has 0 saturated carbocycles. The fourth-order valence-corrected chi connectivity index (χ4v) is 3.68. The Morgan fingerprint density at radius 1 is 1.30 bits per heavy atom. The summed E-state index contributed by atoms with van der Waals surface area (Å²) in [5, 5.41) is 2.94. The number of fused-ring (bicyclic) bond motifs is 1. The minimum Gasteiger partial charge on any atom is -0.310 e. The van der Waals surface area contributed by atoms with Gasteiger partial charge in [0.1, 0.15) is 11.0 Å².